The summed E-state index contributed by atoms with van der Waals surface area (Å²) in [6.07, 6.45) is 1.55. The van der Waals surface area contributed by atoms with Gasteiger partial charge >= 0.3 is 5.97 Å². The number of rotatable bonds is 10. The van der Waals surface area contributed by atoms with Crippen LogP contribution in [-0.4, -0.2) is 45.5 Å². The fourth-order valence-corrected chi connectivity index (χ4v) is 2.19. The molecule has 0 rings (SSSR count). The SMILES string of the molecule is COCCCS(=O)(=O)NCCCCC(=O)O. The molecule has 0 amide bonds. The van der Waals surface area contributed by atoms with Gasteiger partial charge < -0.3 is 9.84 Å². The molecule has 0 spiro atoms. The molecule has 0 aromatic carbocycles. The van der Waals surface area contributed by atoms with Crippen molar-refractivity contribution in [1.29, 1.82) is 0 Å². The zero-order chi connectivity index (χ0) is 12.4. The lowest BCUT2D eigenvalue weighted by atomic mass is 10.2. The Morgan fingerprint density at radius 3 is 2.56 bits per heavy atom. The van der Waals surface area contributed by atoms with Crippen LogP contribution in [0.5, 0.6) is 0 Å². The number of carboxylic acid groups (broad SMARTS) is 1. The predicted octanol–water partition coefficient (Wildman–Crippen LogP) is 0.197. The molecule has 0 radical (unpaired) electrons. The highest BCUT2D eigenvalue weighted by atomic mass is 32.2. The van der Waals surface area contributed by atoms with Crippen molar-refractivity contribution in [3.8, 4) is 0 Å². The maximum absolute atomic E-state index is 11.3. The minimum absolute atomic E-state index is 0.0414. The lowest BCUT2D eigenvalue weighted by Crippen LogP contribution is -2.27. The summed E-state index contributed by atoms with van der Waals surface area (Å²) in [7, 11) is -1.71. The monoisotopic (exact) mass is 253 g/mol. The quantitative estimate of drug-likeness (QED) is 0.542. The summed E-state index contributed by atoms with van der Waals surface area (Å²) < 4.78 is 29.8. The van der Waals surface area contributed by atoms with Crippen LogP contribution < -0.4 is 4.72 Å². The van der Waals surface area contributed by atoms with Crippen molar-refractivity contribution in [2.75, 3.05) is 26.0 Å². The standard InChI is InChI=1S/C9H19NO5S/c1-15-7-4-8-16(13,14)10-6-3-2-5-9(11)12/h10H,2-8H2,1H3,(H,11,12). The summed E-state index contributed by atoms with van der Waals surface area (Å²) in [5.41, 5.74) is 0. The van der Waals surface area contributed by atoms with Crippen molar-refractivity contribution >= 4 is 16.0 Å². The van der Waals surface area contributed by atoms with E-state index in [1.807, 2.05) is 0 Å². The fraction of sp³-hybridized carbons (Fsp3) is 0.889. The van der Waals surface area contributed by atoms with Crippen LogP contribution in [0.1, 0.15) is 25.7 Å². The Balaban J connectivity index is 3.54. The van der Waals surface area contributed by atoms with Crippen LogP contribution in [0.3, 0.4) is 0 Å². The van der Waals surface area contributed by atoms with Gasteiger partial charge in [0.2, 0.25) is 10.0 Å². The third kappa shape index (κ3) is 9.88. The topological polar surface area (TPSA) is 92.7 Å². The molecule has 0 aromatic rings. The highest BCUT2D eigenvalue weighted by Crippen LogP contribution is 1.96. The number of carboxylic acids is 1. The van der Waals surface area contributed by atoms with E-state index in [1.54, 1.807) is 0 Å². The van der Waals surface area contributed by atoms with Gasteiger partial charge in [-0.05, 0) is 19.3 Å². The molecule has 2 N–H and O–H groups in total. The maximum Gasteiger partial charge on any atom is 0.303 e. The summed E-state index contributed by atoms with van der Waals surface area (Å²) >= 11 is 0. The van der Waals surface area contributed by atoms with Crippen molar-refractivity contribution in [3.05, 3.63) is 0 Å². The average molecular weight is 253 g/mol. The molecule has 0 fully saturated rings. The number of nitrogens with one attached hydrogen (secondary N) is 1. The lowest BCUT2D eigenvalue weighted by molar-refractivity contribution is -0.137. The van der Waals surface area contributed by atoms with Crippen LogP contribution in [0.25, 0.3) is 0 Å². The van der Waals surface area contributed by atoms with Gasteiger partial charge in [0.15, 0.2) is 0 Å². The van der Waals surface area contributed by atoms with E-state index in [9.17, 15) is 13.2 Å². The zero-order valence-corrected chi connectivity index (χ0v) is 10.3. The Morgan fingerprint density at radius 2 is 2.00 bits per heavy atom. The zero-order valence-electron chi connectivity index (χ0n) is 9.44. The van der Waals surface area contributed by atoms with Gasteiger partial charge in [-0.2, -0.15) is 0 Å². The van der Waals surface area contributed by atoms with Crippen molar-refractivity contribution < 1.29 is 23.1 Å². The molecule has 7 heteroatoms. The fourth-order valence-electron chi connectivity index (χ4n) is 1.09. The Hall–Kier alpha value is -0.660. The number of unbranched alkanes of at least 4 members (excludes halogenated alkanes) is 1. The van der Waals surface area contributed by atoms with Gasteiger partial charge in [0.1, 0.15) is 0 Å². The number of carbonyl (C=O) groups is 1. The smallest absolute Gasteiger partial charge is 0.303 e. The van der Waals surface area contributed by atoms with E-state index in [0.29, 0.717) is 32.4 Å². The van der Waals surface area contributed by atoms with Crippen LogP contribution >= 0.6 is 0 Å². The van der Waals surface area contributed by atoms with E-state index in [-0.39, 0.29) is 12.2 Å². The first-order valence-corrected chi connectivity index (χ1v) is 6.81. The van der Waals surface area contributed by atoms with Crippen LogP contribution in [0.4, 0.5) is 0 Å². The predicted molar refractivity (Wildman–Crippen MR) is 59.8 cm³/mol. The van der Waals surface area contributed by atoms with Gasteiger partial charge in [0.05, 0.1) is 5.75 Å². The molecule has 0 saturated heterocycles. The van der Waals surface area contributed by atoms with E-state index in [2.05, 4.69) is 4.72 Å². The van der Waals surface area contributed by atoms with Crippen LogP contribution in [0.15, 0.2) is 0 Å². The van der Waals surface area contributed by atoms with Crippen molar-refractivity contribution in [3.63, 3.8) is 0 Å². The molecule has 0 unspecified atom stereocenters. The van der Waals surface area contributed by atoms with Crippen LogP contribution in [0.2, 0.25) is 0 Å². The van der Waals surface area contributed by atoms with Crippen molar-refractivity contribution in [2.24, 2.45) is 0 Å². The van der Waals surface area contributed by atoms with Gasteiger partial charge in [-0.15, -0.1) is 0 Å². The molecule has 0 bridgehead atoms. The number of methoxy groups -OCH3 is 1. The summed E-state index contributed by atoms with van der Waals surface area (Å²) in [4.78, 5) is 10.2. The van der Waals surface area contributed by atoms with Gasteiger partial charge in [-0.3, -0.25) is 4.79 Å². The van der Waals surface area contributed by atoms with Crippen LogP contribution in [0, 0.1) is 0 Å². The molecule has 0 aliphatic rings. The van der Waals surface area contributed by atoms with E-state index < -0.39 is 16.0 Å². The first-order valence-electron chi connectivity index (χ1n) is 5.16. The Kier molecular flexibility index (Phi) is 8.14. The largest absolute Gasteiger partial charge is 0.481 e. The third-order valence-corrected chi connectivity index (χ3v) is 3.37. The Labute approximate surface area is 96.0 Å². The number of ether oxygens (including phenoxy) is 1. The number of hydrogen-bond acceptors (Lipinski definition) is 4. The van der Waals surface area contributed by atoms with E-state index in [0.717, 1.165) is 0 Å². The third-order valence-electron chi connectivity index (χ3n) is 1.90. The molecular formula is C9H19NO5S. The normalized spacial score (nSPS) is 11.6. The van der Waals surface area contributed by atoms with Crippen LogP contribution in [-0.2, 0) is 19.6 Å². The van der Waals surface area contributed by atoms with Crippen molar-refractivity contribution in [1.82, 2.24) is 4.72 Å². The van der Waals surface area contributed by atoms with Gasteiger partial charge in [0.25, 0.3) is 0 Å². The summed E-state index contributed by atoms with van der Waals surface area (Å²) in [6, 6.07) is 0. The highest BCUT2D eigenvalue weighted by molar-refractivity contribution is 7.89. The molecule has 96 valence electrons. The van der Waals surface area contributed by atoms with E-state index in [1.165, 1.54) is 7.11 Å². The minimum Gasteiger partial charge on any atom is -0.481 e. The lowest BCUT2D eigenvalue weighted by Gasteiger charge is -2.05. The van der Waals surface area contributed by atoms with E-state index in [4.69, 9.17) is 9.84 Å². The molecule has 0 atom stereocenters. The molecule has 0 heterocycles. The second-order valence-electron chi connectivity index (χ2n) is 3.41. The second kappa shape index (κ2) is 8.49. The van der Waals surface area contributed by atoms with Crippen molar-refractivity contribution in [2.45, 2.75) is 25.7 Å². The van der Waals surface area contributed by atoms with E-state index >= 15 is 0 Å². The molecule has 0 aromatic heterocycles. The molecule has 6 nitrogen and oxygen atoms in total. The highest BCUT2D eigenvalue weighted by Gasteiger charge is 2.08. The summed E-state index contributed by atoms with van der Waals surface area (Å²) in [5.74, 6) is -0.817. The maximum atomic E-state index is 11.3. The summed E-state index contributed by atoms with van der Waals surface area (Å²) in [6.45, 7) is 0.711. The summed E-state index contributed by atoms with van der Waals surface area (Å²) in [5, 5.41) is 8.36. The molecule has 0 aliphatic heterocycles. The molecule has 0 aliphatic carbocycles. The Bertz CT molecular complexity index is 288. The minimum atomic E-state index is -3.23. The van der Waals surface area contributed by atoms with Gasteiger partial charge in [0, 0.05) is 26.7 Å². The first-order chi connectivity index (χ1) is 7.48. The van der Waals surface area contributed by atoms with Gasteiger partial charge in [-0.25, -0.2) is 13.1 Å². The van der Waals surface area contributed by atoms with Gasteiger partial charge in [-0.1, -0.05) is 0 Å². The number of sulfonamides is 1. The Morgan fingerprint density at radius 1 is 1.31 bits per heavy atom. The average Bonchev–Trinajstić information content (AvgIpc) is 2.16. The molecule has 0 saturated carbocycles. The second-order valence-corrected chi connectivity index (χ2v) is 5.34. The first kappa shape index (κ1) is 15.3. The number of aliphatic carboxylic acids is 1. The molecule has 16 heavy (non-hydrogen) atoms. The number of hydrogen-bond donors (Lipinski definition) is 2. The molecular weight excluding hydrogens is 234 g/mol.